The van der Waals surface area contributed by atoms with Crippen molar-refractivity contribution in [3.05, 3.63) is 58.3 Å². The summed E-state index contributed by atoms with van der Waals surface area (Å²) in [5.74, 6) is 0.830. The minimum Gasteiger partial charge on any atom is -0.317 e. The molecule has 148 valence electrons. The highest BCUT2D eigenvalue weighted by Crippen LogP contribution is 2.27. The molecule has 1 aromatic carbocycles. The Balaban J connectivity index is 1.75. The van der Waals surface area contributed by atoms with Crippen molar-refractivity contribution in [2.45, 2.75) is 44.8 Å². The van der Waals surface area contributed by atoms with E-state index in [0.29, 0.717) is 23.6 Å². The first-order chi connectivity index (χ1) is 13.7. The number of hydrogen-bond acceptors (Lipinski definition) is 5. The Bertz CT molecular complexity index is 971. The molecule has 7 nitrogen and oxygen atoms in total. The lowest BCUT2D eigenvalue weighted by atomic mass is 10.0. The monoisotopic (exact) mass is 380 g/mol. The topological polar surface area (TPSA) is 78.8 Å². The number of benzene rings is 1. The highest BCUT2D eigenvalue weighted by atomic mass is 16.1. The van der Waals surface area contributed by atoms with Crippen LogP contribution in [0.3, 0.4) is 0 Å². The molecule has 7 heteroatoms. The molecule has 1 aliphatic rings. The van der Waals surface area contributed by atoms with E-state index < -0.39 is 0 Å². The molecule has 0 radical (unpaired) electrons. The van der Waals surface area contributed by atoms with Crippen LogP contribution >= 0.6 is 0 Å². The molecule has 0 amide bonds. The number of nitrogens with zero attached hydrogens (tertiary/aromatic N) is 4. The maximum atomic E-state index is 13.3. The fourth-order valence-electron chi connectivity index (χ4n) is 4.22. The van der Waals surface area contributed by atoms with Crippen LogP contribution in [0.4, 0.5) is 0 Å². The number of nitrogens with one attached hydrogen (secondary N) is 2. The Labute approximate surface area is 164 Å². The first kappa shape index (κ1) is 18.8. The minimum absolute atomic E-state index is 0.0267. The van der Waals surface area contributed by atoms with Crippen LogP contribution < -0.4 is 10.9 Å². The second kappa shape index (κ2) is 8.24. The number of hydrogen-bond donors (Lipinski definition) is 2. The summed E-state index contributed by atoms with van der Waals surface area (Å²) in [4.78, 5) is 20.6. The molecule has 1 unspecified atom stereocenters. The van der Waals surface area contributed by atoms with Crippen molar-refractivity contribution in [1.29, 1.82) is 0 Å². The molecular weight excluding hydrogens is 352 g/mol. The van der Waals surface area contributed by atoms with Gasteiger partial charge in [-0.25, -0.2) is 4.98 Å². The molecule has 28 heavy (non-hydrogen) atoms. The largest absolute Gasteiger partial charge is 0.317 e. The van der Waals surface area contributed by atoms with E-state index in [-0.39, 0.29) is 11.6 Å². The quantitative estimate of drug-likeness (QED) is 0.686. The van der Waals surface area contributed by atoms with Crippen LogP contribution in [0.2, 0.25) is 0 Å². The molecule has 1 atom stereocenters. The summed E-state index contributed by atoms with van der Waals surface area (Å²) in [6.07, 6.45) is 4.71. The number of H-pyrrole nitrogens is 1. The molecule has 0 saturated carbocycles. The maximum absolute atomic E-state index is 13.3. The molecule has 1 fully saturated rings. The Hall–Kier alpha value is -2.51. The standard InChI is InChI=1S/C21H28N6O/c1-3-18(26-11-9-16(22-2)10-12-26)20-24-19-17(13-23-25-19)21(28)27(20)14-15-7-5-4-6-8-15/h4-8,13,16,18,22H,3,9-12,14H2,1-2H3,(H,23,25). The van der Waals surface area contributed by atoms with Crippen molar-refractivity contribution in [2.75, 3.05) is 20.1 Å². The lowest BCUT2D eigenvalue weighted by Crippen LogP contribution is -2.44. The zero-order valence-corrected chi connectivity index (χ0v) is 16.6. The summed E-state index contributed by atoms with van der Waals surface area (Å²) in [5.41, 5.74) is 1.65. The zero-order chi connectivity index (χ0) is 19.5. The van der Waals surface area contributed by atoms with Crippen molar-refractivity contribution >= 4 is 11.0 Å². The summed E-state index contributed by atoms with van der Waals surface area (Å²) in [6, 6.07) is 10.8. The molecule has 4 rings (SSSR count). The summed E-state index contributed by atoms with van der Waals surface area (Å²) >= 11 is 0. The number of piperidine rings is 1. The molecule has 3 aromatic rings. The van der Waals surface area contributed by atoms with Gasteiger partial charge in [0.25, 0.3) is 5.56 Å². The van der Waals surface area contributed by atoms with Gasteiger partial charge in [0.15, 0.2) is 5.65 Å². The van der Waals surface area contributed by atoms with Gasteiger partial charge in [-0.1, -0.05) is 37.3 Å². The maximum Gasteiger partial charge on any atom is 0.265 e. The number of aromatic amines is 1. The molecule has 1 saturated heterocycles. The van der Waals surface area contributed by atoms with Crippen LogP contribution in [-0.4, -0.2) is 50.8 Å². The highest BCUT2D eigenvalue weighted by Gasteiger charge is 2.28. The van der Waals surface area contributed by atoms with Crippen LogP contribution in [-0.2, 0) is 6.54 Å². The molecule has 0 spiro atoms. The van der Waals surface area contributed by atoms with Gasteiger partial charge in [0.1, 0.15) is 11.2 Å². The Kier molecular flexibility index (Phi) is 5.54. The third-order valence-electron chi connectivity index (χ3n) is 5.84. The molecule has 1 aliphatic heterocycles. The van der Waals surface area contributed by atoms with Crippen LogP contribution in [0, 0.1) is 0 Å². The van der Waals surface area contributed by atoms with E-state index in [9.17, 15) is 4.79 Å². The highest BCUT2D eigenvalue weighted by molar-refractivity contribution is 5.72. The lowest BCUT2D eigenvalue weighted by molar-refractivity contribution is 0.133. The fourth-order valence-corrected chi connectivity index (χ4v) is 4.22. The summed E-state index contributed by atoms with van der Waals surface area (Å²) in [6.45, 7) is 4.70. The summed E-state index contributed by atoms with van der Waals surface area (Å²) in [7, 11) is 2.03. The van der Waals surface area contributed by atoms with Gasteiger partial charge in [0.2, 0.25) is 0 Å². The van der Waals surface area contributed by atoms with Crippen molar-refractivity contribution in [3.8, 4) is 0 Å². The van der Waals surface area contributed by atoms with E-state index >= 15 is 0 Å². The third-order valence-corrected chi connectivity index (χ3v) is 5.84. The molecule has 2 N–H and O–H groups in total. The second-order valence-corrected chi connectivity index (χ2v) is 7.50. The average Bonchev–Trinajstić information content (AvgIpc) is 3.21. The lowest BCUT2D eigenvalue weighted by Gasteiger charge is -2.37. The Morgan fingerprint density at radius 1 is 1.25 bits per heavy atom. The summed E-state index contributed by atoms with van der Waals surface area (Å²) < 4.78 is 1.84. The molecular formula is C21H28N6O. The zero-order valence-electron chi connectivity index (χ0n) is 16.6. The first-order valence-electron chi connectivity index (χ1n) is 10.1. The van der Waals surface area contributed by atoms with E-state index in [1.54, 1.807) is 6.20 Å². The minimum atomic E-state index is -0.0267. The summed E-state index contributed by atoms with van der Waals surface area (Å²) in [5, 5.41) is 10.9. The third kappa shape index (κ3) is 3.59. The van der Waals surface area contributed by atoms with E-state index in [1.807, 2.05) is 29.8 Å². The first-order valence-corrected chi connectivity index (χ1v) is 10.1. The van der Waals surface area contributed by atoms with E-state index in [0.717, 1.165) is 43.7 Å². The number of likely N-dealkylation sites (tertiary alicyclic amines) is 1. The van der Waals surface area contributed by atoms with Gasteiger partial charge in [-0.15, -0.1) is 0 Å². The van der Waals surface area contributed by atoms with Gasteiger partial charge in [-0.05, 0) is 31.9 Å². The van der Waals surface area contributed by atoms with Crippen molar-refractivity contribution in [2.24, 2.45) is 0 Å². The van der Waals surface area contributed by atoms with Crippen LogP contribution in [0.15, 0.2) is 41.3 Å². The van der Waals surface area contributed by atoms with Crippen LogP contribution in [0.5, 0.6) is 0 Å². The molecule has 0 bridgehead atoms. The van der Waals surface area contributed by atoms with Crippen molar-refractivity contribution < 1.29 is 0 Å². The van der Waals surface area contributed by atoms with Gasteiger partial charge in [-0.3, -0.25) is 19.4 Å². The van der Waals surface area contributed by atoms with E-state index in [4.69, 9.17) is 4.98 Å². The van der Waals surface area contributed by atoms with Crippen LogP contribution in [0.25, 0.3) is 11.0 Å². The number of aromatic nitrogens is 4. The second-order valence-electron chi connectivity index (χ2n) is 7.50. The predicted octanol–water partition coefficient (Wildman–Crippen LogP) is 2.30. The SMILES string of the molecule is CCC(c1nc2[nH]ncc2c(=O)n1Cc1ccccc1)N1CCC(NC)CC1. The van der Waals surface area contributed by atoms with Gasteiger partial charge in [0.05, 0.1) is 18.8 Å². The smallest absolute Gasteiger partial charge is 0.265 e. The average molecular weight is 380 g/mol. The molecule has 2 aromatic heterocycles. The predicted molar refractivity (Wildman–Crippen MR) is 110 cm³/mol. The van der Waals surface area contributed by atoms with Gasteiger partial charge >= 0.3 is 0 Å². The number of fused-ring (bicyclic) bond motifs is 1. The van der Waals surface area contributed by atoms with Crippen molar-refractivity contribution in [1.82, 2.24) is 30.0 Å². The fraction of sp³-hybridized carbons (Fsp3) is 0.476. The Morgan fingerprint density at radius 2 is 2.00 bits per heavy atom. The Morgan fingerprint density at radius 3 is 2.68 bits per heavy atom. The van der Waals surface area contributed by atoms with E-state index in [1.165, 1.54) is 0 Å². The number of rotatable bonds is 6. The van der Waals surface area contributed by atoms with Gasteiger partial charge in [-0.2, -0.15) is 5.10 Å². The molecule has 0 aliphatic carbocycles. The van der Waals surface area contributed by atoms with Crippen molar-refractivity contribution in [3.63, 3.8) is 0 Å². The normalized spacial score (nSPS) is 17.2. The van der Waals surface area contributed by atoms with Crippen LogP contribution in [0.1, 0.15) is 43.6 Å². The van der Waals surface area contributed by atoms with Gasteiger partial charge < -0.3 is 5.32 Å². The van der Waals surface area contributed by atoms with Gasteiger partial charge in [0, 0.05) is 19.1 Å². The molecule has 3 heterocycles. The van der Waals surface area contributed by atoms with E-state index in [2.05, 4.69) is 39.5 Å².